The number of ether oxygens (including phenoxy) is 2. The van der Waals surface area contributed by atoms with Gasteiger partial charge < -0.3 is 20.1 Å². The molecule has 124 valence electrons. The number of methoxy groups -OCH3 is 1. The molecule has 0 aliphatic carbocycles. The Morgan fingerprint density at radius 2 is 2.13 bits per heavy atom. The first kappa shape index (κ1) is 16.9. The molecule has 0 aromatic heterocycles. The topological polar surface area (TPSA) is 76.7 Å². The predicted molar refractivity (Wildman–Crippen MR) is 85.9 cm³/mol. The predicted octanol–water partition coefficient (Wildman–Crippen LogP) is 2.66. The summed E-state index contributed by atoms with van der Waals surface area (Å²) >= 11 is 0. The average Bonchev–Trinajstić information content (AvgIpc) is 2.53. The molecule has 0 saturated carbocycles. The summed E-state index contributed by atoms with van der Waals surface area (Å²) in [4.78, 5) is 24.3. The van der Waals surface area contributed by atoms with Crippen molar-refractivity contribution in [1.29, 1.82) is 0 Å². The monoisotopic (exact) mass is 318 g/mol. The summed E-state index contributed by atoms with van der Waals surface area (Å²) in [6.45, 7) is 5.47. The van der Waals surface area contributed by atoms with Crippen LogP contribution in [0.3, 0.4) is 0 Å². The average molecular weight is 318 g/mol. The van der Waals surface area contributed by atoms with Crippen LogP contribution < -0.4 is 15.4 Å². The molecule has 2 N–H and O–H groups in total. The molecule has 0 fully saturated rings. The molecule has 2 rings (SSSR count). The number of amides is 2. The van der Waals surface area contributed by atoms with E-state index < -0.39 is 12.0 Å². The first-order valence-electron chi connectivity index (χ1n) is 7.59. The van der Waals surface area contributed by atoms with E-state index >= 15 is 0 Å². The second-order valence-corrected chi connectivity index (χ2v) is 5.47. The second kappa shape index (κ2) is 7.17. The van der Waals surface area contributed by atoms with E-state index in [4.69, 9.17) is 9.47 Å². The summed E-state index contributed by atoms with van der Waals surface area (Å²) in [6, 6.07) is 6.32. The Bertz CT molecular complexity index is 639. The van der Waals surface area contributed by atoms with E-state index in [2.05, 4.69) is 10.6 Å². The molecule has 1 aliphatic heterocycles. The van der Waals surface area contributed by atoms with Crippen molar-refractivity contribution in [3.05, 3.63) is 41.1 Å². The molecule has 1 aromatic rings. The fraction of sp³-hybridized carbons (Fsp3) is 0.412. The van der Waals surface area contributed by atoms with Crippen molar-refractivity contribution in [2.24, 2.45) is 0 Å². The molecule has 2 atom stereocenters. The van der Waals surface area contributed by atoms with Gasteiger partial charge in [0.15, 0.2) is 0 Å². The first-order chi connectivity index (χ1) is 11.0. The number of esters is 1. The van der Waals surface area contributed by atoms with Crippen LogP contribution in [0.2, 0.25) is 0 Å². The van der Waals surface area contributed by atoms with Crippen LogP contribution in [0.15, 0.2) is 35.5 Å². The third-order valence-electron chi connectivity index (χ3n) is 3.80. The molecular formula is C17H22N2O4. The van der Waals surface area contributed by atoms with Gasteiger partial charge in [0.25, 0.3) is 0 Å². The normalized spacial score (nSPS) is 18.8. The zero-order chi connectivity index (χ0) is 17.0. The van der Waals surface area contributed by atoms with Crippen molar-refractivity contribution in [2.75, 3.05) is 7.11 Å². The Hall–Kier alpha value is -2.50. The lowest BCUT2D eigenvalue weighted by molar-refractivity contribution is -0.144. The standard InChI is InChI=1S/C17H22N2O4/c1-5-10(2)23-16(20)14-11(3)18-17(21)19-15(14)12-7-6-8-13(9-12)22-4/h6-10,15H,5H2,1-4H3,(H2,18,19,21)/t10-,15+/m0/s1. The van der Waals surface area contributed by atoms with Crippen LogP contribution >= 0.6 is 0 Å². The van der Waals surface area contributed by atoms with Gasteiger partial charge in [-0.05, 0) is 38.0 Å². The van der Waals surface area contributed by atoms with Gasteiger partial charge in [-0.2, -0.15) is 0 Å². The quantitative estimate of drug-likeness (QED) is 0.818. The number of rotatable bonds is 5. The SMILES string of the molecule is CC[C@H](C)OC(=O)C1=C(C)NC(=O)N[C@@H]1c1cccc(OC)c1. The zero-order valence-corrected chi connectivity index (χ0v) is 13.8. The Morgan fingerprint density at radius 3 is 2.78 bits per heavy atom. The number of hydrogen-bond acceptors (Lipinski definition) is 4. The summed E-state index contributed by atoms with van der Waals surface area (Å²) in [5.41, 5.74) is 1.66. The van der Waals surface area contributed by atoms with E-state index in [9.17, 15) is 9.59 Å². The Balaban J connectivity index is 2.39. The maximum atomic E-state index is 12.5. The van der Waals surface area contributed by atoms with E-state index in [1.165, 1.54) is 0 Å². The van der Waals surface area contributed by atoms with E-state index in [-0.39, 0.29) is 12.1 Å². The summed E-state index contributed by atoms with van der Waals surface area (Å²) in [5.74, 6) is 0.222. The molecule has 6 nitrogen and oxygen atoms in total. The van der Waals surface area contributed by atoms with Crippen LogP contribution in [-0.4, -0.2) is 25.2 Å². The van der Waals surface area contributed by atoms with Crippen LogP contribution in [0.5, 0.6) is 5.75 Å². The van der Waals surface area contributed by atoms with Gasteiger partial charge in [-0.3, -0.25) is 0 Å². The summed E-state index contributed by atoms with van der Waals surface area (Å²) in [5, 5.41) is 5.40. The van der Waals surface area contributed by atoms with Crippen LogP contribution in [-0.2, 0) is 9.53 Å². The maximum absolute atomic E-state index is 12.5. The van der Waals surface area contributed by atoms with E-state index in [1.807, 2.05) is 26.0 Å². The highest BCUT2D eigenvalue weighted by atomic mass is 16.5. The Morgan fingerprint density at radius 1 is 1.39 bits per heavy atom. The summed E-state index contributed by atoms with van der Waals surface area (Å²) in [6.07, 6.45) is 0.535. The Labute approximate surface area is 135 Å². The molecule has 2 amide bonds. The van der Waals surface area contributed by atoms with Gasteiger partial charge in [-0.25, -0.2) is 9.59 Å². The lowest BCUT2D eigenvalue weighted by atomic mass is 9.95. The number of urea groups is 1. The van der Waals surface area contributed by atoms with Crippen molar-refractivity contribution in [2.45, 2.75) is 39.3 Å². The lowest BCUT2D eigenvalue weighted by Crippen LogP contribution is -2.45. The molecule has 0 spiro atoms. The summed E-state index contributed by atoms with van der Waals surface area (Å²) in [7, 11) is 1.57. The molecule has 1 heterocycles. The molecule has 1 aromatic carbocycles. The van der Waals surface area contributed by atoms with Gasteiger partial charge in [0, 0.05) is 5.70 Å². The van der Waals surface area contributed by atoms with Crippen LogP contribution in [0.1, 0.15) is 38.8 Å². The minimum atomic E-state index is -0.574. The van der Waals surface area contributed by atoms with Crippen molar-refractivity contribution < 1.29 is 19.1 Å². The van der Waals surface area contributed by atoms with Crippen molar-refractivity contribution in [3.63, 3.8) is 0 Å². The van der Waals surface area contributed by atoms with Crippen LogP contribution in [0, 0.1) is 0 Å². The molecule has 23 heavy (non-hydrogen) atoms. The van der Waals surface area contributed by atoms with Crippen molar-refractivity contribution >= 4 is 12.0 Å². The highest BCUT2D eigenvalue weighted by Crippen LogP contribution is 2.29. The molecule has 6 heteroatoms. The zero-order valence-electron chi connectivity index (χ0n) is 13.8. The van der Waals surface area contributed by atoms with Crippen LogP contribution in [0.4, 0.5) is 4.79 Å². The van der Waals surface area contributed by atoms with Gasteiger partial charge >= 0.3 is 12.0 Å². The molecule has 1 aliphatic rings. The smallest absolute Gasteiger partial charge is 0.338 e. The highest BCUT2D eigenvalue weighted by Gasteiger charge is 2.32. The third kappa shape index (κ3) is 3.83. The third-order valence-corrected chi connectivity index (χ3v) is 3.80. The highest BCUT2D eigenvalue weighted by molar-refractivity contribution is 5.95. The summed E-state index contributed by atoms with van der Waals surface area (Å²) < 4.78 is 10.7. The maximum Gasteiger partial charge on any atom is 0.338 e. The number of allylic oxidation sites excluding steroid dienone is 1. The van der Waals surface area contributed by atoms with Gasteiger partial charge in [-0.15, -0.1) is 0 Å². The largest absolute Gasteiger partial charge is 0.497 e. The molecular weight excluding hydrogens is 296 g/mol. The van der Waals surface area contributed by atoms with E-state index in [0.717, 1.165) is 12.0 Å². The molecule has 0 radical (unpaired) electrons. The minimum absolute atomic E-state index is 0.189. The van der Waals surface area contributed by atoms with E-state index in [0.29, 0.717) is 17.0 Å². The van der Waals surface area contributed by atoms with Gasteiger partial charge in [0.2, 0.25) is 0 Å². The second-order valence-electron chi connectivity index (χ2n) is 5.47. The fourth-order valence-electron chi connectivity index (χ4n) is 2.37. The number of nitrogens with one attached hydrogen (secondary N) is 2. The lowest BCUT2D eigenvalue weighted by Gasteiger charge is -2.29. The first-order valence-corrected chi connectivity index (χ1v) is 7.59. The fourth-order valence-corrected chi connectivity index (χ4v) is 2.37. The molecule has 0 bridgehead atoms. The van der Waals surface area contributed by atoms with Gasteiger partial charge in [0.1, 0.15) is 5.75 Å². The van der Waals surface area contributed by atoms with Crippen LogP contribution in [0.25, 0.3) is 0 Å². The Kier molecular flexibility index (Phi) is 5.26. The number of hydrogen-bond donors (Lipinski definition) is 2. The molecule has 0 unspecified atom stereocenters. The minimum Gasteiger partial charge on any atom is -0.497 e. The van der Waals surface area contributed by atoms with Crippen molar-refractivity contribution in [1.82, 2.24) is 10.6 Å². The van der Waals surface area contributed by atoms with Gasteiger partial charge in [-0.1, -0.05) is 19.1 Å². The molecule has 0 saturated heterocycles. The number of carbonyl (C=O) groups excluding carboxylic acids is 2. The van der Waals surface area contributed by atoms with Crippen molar-refractivity contribution in [3.8, 4) is 5.75 Å². The number of benzene rings is 1. The van der Waals surface area contributed by atoms with Gasteiger partial charge in [0.05, 0.1) is 24.8 Å². The number of carbonyl (C=O) groups is 2. The van der Waals surface area contributed by atoms with E-state index in [1.54, 1.807) is 26.2 Å².